The van der Waals surface area contributed by atoms with Crippen LogP contribution >= 0.6 is 0 Å². The van der Waals surface area contributed by atoms with Gasteiger partial charge in [-0.3, -0.25) is 4.57 Å². The van der Waals surface area contributed by atoms with Crippen molar-refractivity contribution in [3.63, 3.8) is 0 Å². The van der Waals surface area contributed by atoms with E-state index in [1.807, 2.05) is 38.4 Å². The summed E-state index contributed by atoms with van der Waals surface area (Å²) in [6.07, 6.45) is 4.67. The molecule has 0 saturated heterocycles. The Labute approximate surface area is 106 Å². The lowest BCUT2D eigenvalue weighted by Gasteiger charge is -2.14. The van der Waals surface area contributed by atoms with E-state index >= 15 is 0 Å². The van der Waals surface area contributed by atoms with Crippen molar-refractivity contribution < 1.29 is 4.79 Å². The fourth-order valence-electron chi connectivity index (χ4n) is 1.68. The minimum atomic E-state index is -0.210. The Bertz CT molecular complexity index is 520. The highest BCUT2D eigenvalue weighted by molar-refractivity contribution is 5.91. The van der Waals surface area contributed by atoms with Gasteiger partial charge in [-0.15, -0.1) is 0 Å². The van der Waals surface area contributed by atoms with E-state index in [1.165, 1.54) is 10.9 Å². The average molecular weight is 244 g/mol. The molecule has 0 aliphatic rings. The van der Waals surface area contributed by atoms with Gasteiger partial charge in [-0.2, -0.15) is 0 Å². The number of aromatic nitrogens is 2. The molecule has 2 rings (SSSR count). The molecule has 1 aromatic carbocycles. The molecular formula is C13H16N4O. The van der Waals surface area contributed by atoms with E-state index in [-0.39, 0.29) is 6.03 Å². The van der Waals surface area contributed by atoms with Crippen molar-refractivity contribution in [2.75, 3.05) is 19.4 Å². The number of benzene rings is 1. The first-order valence-electron chi connectivity index (χ1n) is 5.69. The molecular weight excluding hydrogens is 228 g/mol. The molecule has 0 atom stereocenters. The Hall–Kier alpha value is -2.14. The second kappa shape index (κ2) is 5.46. The van der Waals surface area contributed by atoms with Crippen LogP contribution in [-0.2, 0) is 6.54 Å². The average Bonchev–Trinajstić information content (AvgIpc) is 2.84. The number of carbonyl (C=O) groups excluding carboxylic acids is 1. The lowest BCUT2D eigenvalue weighted by atomic mass is 10.1. The smallest absolute Gasteiger partial charge is 0.307 e. The lowest BCUT2D eigenvalue weighted by molar-refractivity contribution is 0.253. The molecule has 0 radical (unpaired) electrons. The number of nitrogens with zero attached hydrogens (tertiary/aromatic N) is 3. The summed E-state index contributed by atoms with van der Waals surface area (Å²) in [5.41, 5.74) is 1.90. The quantitative estimate of drug-likeness (QED) is 0.898. The topological polar surface area (TPSA) is 50.2 Å². The van der Waals surface area contributed by atoms with Crippen LogP contribution in [0.5, 0.6) is 0 Å². The molecule has 0 saturated carbocycles. The highest BCUT2D eigenvalue weighted by atomic mass is 16.2. The van der Waals surface area contributed by atoms with Crippen molar-refractivity contribution in [3.05, 3.63) is 48.5 Å². The van der Waals surface area contributed by atoms with Crippen LogP contribution in [0.1, 0.15) is 5.56 Å². The van der Waals surface area contributed by atoms with Gasteiger partial charge in [-0.1, -0.05) is 18.2 Å². The molecule has 94 valence electrons. The zero-order valence-corrected chi connectivity index (χ0v) is 10.5. The number of imidazole rings is 1. The lowest BCUT2D eigenvalue weighted by Crippen LogP contribution is -2.20. The monoisotopic (exact) mass is 244 g/mol. The molecule has 0 bridgehead atoms. The summed E-state index contributed by atoms with van der Waals surface area (Å²) in [5.74, 6) is 0. The first kappa shape index (κ1) is 12.3. The molecule has 0 spiro atoms. The summed E-state index contributed by atoms with van der Waals surface area (Å²) in [6.45, 7) is 0.778. The van der Waals surface area contributed by atoms with Gasteiger partial charge in [0, 0.05) is 24.6 Å². The molecule has 5 nitrogen and oxygen atoms in total. The fourth-order valence-corrected chi connectivity index (χ4v) is 1.68. The van der Waals surface area contributed by atoms with E-state index in [0.29, 0.717) is 0 Å². The zero-order valence-electron chi connectivity index (χ0n) is 10.5. The molecule has 1 amide bonds. The third kappa shape index (κ3) is 2.95. The summed E-state index contributed by atoms with van der Waals surface area (Å²) >= 11 is 0. The van der Waals surface area contributed by atoms with Gasteiger partial charge in [0.25, 0.3) is 0 Å². The summed E-state index contributed by atoms with van der Waals surface area (Å²) < 4.78 is 1.41. The van der Waals surface area contributed by atoms with E-state index in [2.05, 4.69) is 15.2 Å². The Morgan fingerprint density at radius 3 is 2.83 bits per heavy atom. The molecule has 18 heavy (non-hydrogen) atoms. The number of carbonyl (C=O) groups is 1. The maximum Gasteiger partial charge on any atom is 0.331 e. The third-order valence-electron chi connectivity index (χ3n) is 2.48. The van der Waals surface area contributed by atoms with Crippen molar-refractivity contribution >= 4 is 11.7 Å². The first-order valence-corrected chi connectivity index (χ1v) is 5.69. The number of hydrogen-bond acceptors (Lipinski definition) is 3. The van der Waals surface area contributed by atoms with Crippen LogP contribution in [0.4, 0.5) is 10.5 Å². The van der Waals surface area contributed by atoms with Crippen molar-refractivity contribution in [2.24, 2.45) is 0 Å². The SMILES string of the molecule is CN(C)Cc1ccccc1NC(=O)n1ccnc1. The number of amides is 1. The molecule has 2 aromatic rings. The number of nitrogens with one attached hydrogen (secondary N) is 1. The largest absolute Gasteiger partial charge is 0.331 e. The Morgan fingerprint density at radius 2 is 2.17 bits per heavy atom. The van der Waals surface area contributed by atoms with Crippen LogP contribution in [0.2, 0.25) is 0 Å². The van der Waals surface area contributed by atoms with Crippen molar-refractivity contribution in [3.8, 4) is 0 Å². The van der Waals surface area contributed by atoms with Gasteiger partial charge in [-0.05, 0) is 25.7 Å². The maximum absolute atomic E-state index is 11.9. The van der Waals surface area contributed by atoms with E-state index in [4.69, 9.17) is 0 Å². The number of para-hydroxylation sites is 1. The molecule has 1 aromatic heterocycles. The number of rotatable bonds is 3. The van der Waals surface area contributed by atoms with Crippen LogP contribution < -0.4 is 5.32 Å². The Kier molecular flexibility index (Phi) is 3.74. The van der Waals surface area contributed by atoms with Crippen LogP contribution in [0.3, 0.4) is 0 Å². The molecule has 1 heterocycles. The first-order chi connectivity index (χ1) is 8.66. The normalized spacial score (nSPS) is 10.6. The van der Waals surface area contributed by atoms with Crippen molar-refractivity contribution in [1.29, 1.82) is 0 Å². The molecule has 0 aliphatic carbocycles. The molecule has 0 aliphatic heterocycles. The van der Waals surface area contributed by atoms with Crippen LogP contribution in [0.25, 0.3) is 0 Å². The second-order valence-electron chi connectivity index (χ2n) is 4.30. The summed E-state index contributed by atoms with van der Waals surface area (Å²) in [7, 11) is 3.99. The van der Waals surface area contributed by atoms with E-state index in [9.17, 15) is 4.79 Å². The fraction of sp³-hybridized carbons (Fsp3) is 0.231. The van der Waals surface area contributed by atoms with E-state index in [1.54, 1.807) is 12.4 Å². The summed E-state index contributed by atoms with van der Waals surface area (Å²) in [4.78, 5) is 17.8. The van der Waals surface area contributed by atoms with Crippen molar-refractivity contribution in [1.82, 2.24) is 14.5 Å². The van der Waals surface area contributed by atoms with Gasteiger partial charge in [-0.25, -0.2) is 9.78 Å². The van der Waals surface area contributed by atoms with Crippen molar-refractivity contribution in [2.45, 2.75) is 6.54 Å². The van der Waals surface area contributed by atoms with Gasteiger partial charge >= 0.3 is 6.03 Å². The van der Waals surface area contributed by atoms with Gasteiger partial charge in [0.2, 0.25) is 0 Å². The maximum atomic E-state index is 11.9. The van der Waals surface area contributed by atoms with Crippen LogP contribution in [0.15, 0.2) is 43.0 Å². The number of hydrogen-bond donors (Lipinski definition) is 1. The third-order valence-corrected chi connectivity index (χ3v) is 2.48. The van der Waals surface area contributed by atoms with E-state index in [0.717, 1.165) is 17.8 Å². The van der Waals surface area contributed by atoms with Crippen LogP contribution in [-0.4, -0.2) is 34.6 Å². The number of anilines is 1. The Balaban J connectivity index is 2.16. The van der Waals surface area contributed by atoms with Gasteiger partial charge in [0.05, 0.1) is 0 Å². The molecule has 1 N–H and O–H groups in total. The second-order valence-corrected chi connectivity index (χ2v) is 4.30. The van der Waals surface area contributed by atoms with E-state index < -0.39 is 0 Å². The highest BCUT2D eigenvalue weighted by Gasteiger charge is 2.08. The predicted molar refractivity (Wildman–Crippen MR) is 70.5 cm³/mol. The molecule has 0 unspecified atom stereocenters. The van der Waals surface area contributed by atoms with Gasteiger partial charge in [0.1, 0.15) is 6.33 Å². The minimum Gasteiger partial charge on any atom is -0.307 e. The zero-order chi connectivity index (χ0) is 13.0. The standard InChI is InChI=1S/C13H16N4O/c1-16(2)9-11-5-3-4-6-12(11)15-13(18)17-8-7-14-10-17/h3-8,10H,9H2,1-2H3,(H,15,18). The van der Waals surface area contributed by atoms with Gasteiger partial charge < -0.3 is 10.2 Å². The molecule has 0 fully saturated rings. The summed E-state index contributed by atoms with van der Waals surface area (Å²) in [5, 5.41) is 2.88. The molecule has 5 heteroatoms. The summed E-state index contributed by atoms with van der Waals surface area (Å²) in [6, 6.07) is 7.56. The van der Waals surface area contributed by atoms with Crippen LogP contribution in [0, 0.1) is 0 Å². The predicted octanol–water partition coefficient (Wildman–Crippen LogP) is 2.02. The Morgan fingerprint density at radius 1 is 1.39 bits per heavy atom. The minimum absolute atomic E-state index is 0.210. The van der Waals surface area contributed by atoms with Gasteiger partial charge in [0.15, 0.2) is 0 Å². The highest BCUT2D eigenvalue weighted by Crippen LogP contribution is 2.16.